The van der Waals surface area contributed by atoms with Crippen LogP contribution in [0.15, 0.2) is 71.7 Å². The molecule has 0 fully saturated rings. The van der Waals surface area contributed by atoms with Crippen LogP contribution in [-0.4, -0.2) is 52.4 Å². The highest BCUT2D eigenvalue weighted by Gasteiger charge is 2.19. The van der Waals surface area contributed by atoms with Gasteiger partial charge < -0.3 is 20.1 Å². The SMILES string of the molecule is CN(C)CCCc1ccc(N=C(c2ccc(CCC(=O)O)cc2)c2c(O)[nH]c3cc(F)ccc23)cc1. The summed E-state index contributed by atoms with van der Waals surface area (Å²) in [7, 11) is 4.12. The molecule has 0 radical (unpaired) electrons. The Balaban J connectivity index is 1.72. The monoisotopic (exact) mass is 487 g/mol. The van der Waals surface area contributed by atoms with Crippen molar-refractivity contribution < 1.29 is 19.4 Å². The summed E-state index contributed by atoms with van der Waals surface area (Å²) in [6.45, 7) is 1.02. The molecule has 0 saturated carbocycles. The lowest BCUT2D eigenvalue weighted by Gasteiger charge is -2.10. The number of halogens is 1. The fourth-order valence-electron chi connectivity index (χ4n) is 4.21. The molecule has 0 saturated heterocycles. The van der Waals surface area contributed by atoms with Crippen molar-refractivity contribution in [2.24, 2.45) is 4.99 Å². The van der Waals surface area contributed by atoms with Crippen LogP contribution in [0.3, 0.4) is 0 Å². The van der Waals surface area contributed by atoms with Crippen LogP contribution in [0, 0.1) is 5.82 Å². The fourth-order valence-corrected chi connectivity index (χ4v) is 4.21. The Bertz CT molecular complexity index is 1370. The van der Waals surface area contributed by atoms with Gasteiger partial charge in [0.15, 0.2) is 5.88 Å². The highest BCUT2D eigenvalue weighted by atomic mass is 19.1. The summed E-state index contributed by atoms with van der Waals surface area (Å²) >= 11 is 0. The van der Waals surface area contributed by atoms with Crippen molar-refractivity contribution in [2.45, 2.75) is 25.7 Å². The van der Waals surface area contributed by atoms with Crippen LogP contribution in [0.1, 0.15) is 35.1 Å². The van der Waals surface area contributed by atoms with Gasteiger partial charge in [0.1, 0.15) is 5.82 Å². The molecule has 0 aliphatic rings. The van der Waals surface area contributed by atoms with E-state index in [0.29, 0.717) is 28.6 Å². The van der Waals surface area contributed by atoms with Gasteiger partial charge in [0.2, 0.25) is 0 Å². The first-order chi connectivity index (χ1) is 17.3. The lowest BCUT2D eigenvalue weighted by molar-refractivity contribution is -0.136. The van der Waals surface area contributed by atoms with E-state index in [9.17, 15) is 14.3 Å². The Morgan fingerprint density at radius 3 is 2.31 bits per heavy atom. The summed E-state index contributed by atoms with van der Waals surface area (Å²) in [5.41, 5.74) is 5.11. The second kappa shape index (κ2) is 11.2. The maximum Gasteiger partial charge on any atom is 0.303 e. The zero-order valence-corrected chi connectivity index (χ0v) is 20.5. The van der Waals surface area contributed by atoms with E-state index in [1.165, 1.54) is 17.7 Å². The third-order valence-corrected chi connectivity index (χ3v) is 6.08. The highest BCUT2D eigenvalue weighted by molar-refractivity contribution is 6.21. The van der Waals surface area contributed by atoms with Gasteiger partial charge in [-0.05, 0) is 81.4 Å². The molecular formula is C29H30FN3O3. The number of carboxylic acid groups (broad SMARTS) is 1. The number of nitrogens with zero attached hydrogens (tertiary/aromatic N) is 2. The molecule has 0 atom stereocenters. The van der Waals surface area contributed by atoms with Crippen LogP contribution in [0.4, 0.5) is 10.1 Å². The first-order valence-corrected chi connectivity index (χ1v) is 11.9. The first-order valence-electron chi connectivity index (χ1n) is 11.9. The summed E-state index contributed by atoms with van der Waals surface area (Å²) in [4.78, 5) is 20.8. The number of aliphatic imine (C=N–C) groups is 1. The maximum absolute atomic E-state index is 13.8. The number of nitrogens with one attached hydrogen (secondary N) is 1. The van der Waals surface area contributed by atoms with E-state index >= 15 is 0 Å². The van der Waals surface area contributed by atoms with E-state index in [2.05, 4.69) is 36.1 Å². The summed E-state index contributed by atoms with van der Waals surface area (Å²) < 4.78 is 13.8. The molecule has 0 aliphatic carbocycles. The van der Waals surface area contributed by atoms with Crippen LogP contribution < -0.4 is 0 Å². The number of aromatic amines is 1. The molecule has 0 bridgehead atoms. The first kappa shape index (κ1) is 25.1. The number of fused-ring (bicyclic) bond motifs is 1. The van der Waals surface area contributed by atoms with E-state index in [0.717, 1.165) is 36.2 Å². The molecule has 4 aromatic rings. The minimum atomic E-state index is -0.845. The molecule has 4 rings (SSSR count). The summed E-state index contributed by atoms with van der Waals surface area (Å²) in [5.74, 6) is -1.34. The lowest BCUT2D eigenvalue weighted by atomic mass is 9.98. The van der Waals surface area contributed by atoms with E-state index in [4.69, 9.17) is 10.1 Å². The second-order valence-electron chi connectivity index (χ2n) is 9.16. The number of aryl methyl sites for hydroxylation is 2. The Morgan fingerprint density at radius 1 is 0.972 bits per heavy atom. The molecule has 3 aromatic carbocycles. The van der Waals surface area contributed by atoms with Gasteiger partial charge in [0.25, 0.3) is 0 Å². The molecule has 3 N–H and O–H groups in total. The number of carbonyl (C=O) groups is 1. The molecular weight excluding hydrogens is 457 g/mol. The van der Waals surface area contributed by atoms with Gasteiger partial charge >= 0.3 is 5.97 Å². The van der Waals surface area contributed by atoms with E-state index in [1.54, 1.807) is 6.07 Å². The molecule has 6 nitrogen and oxygen atoms in total. The van der Waals surface area contributed by atoms with Crippen molar-refractivity contribution in [1.29, 1.82) is 0 Å². The van der Waals surface area contributed by atoms with Crippen molar-refractivity contribution >= 4 is 28.3 Å². The van der Waals surface area contributed by atoms with Crippen LogP contribution in [-0.2, 0) is 17.6 Å². The number of aromatic nitrogens is 1. The predicted molar refractivity (Wildman–Crippen MR) is 141 cm³/mol. The summed E-state index contributed by atoms with van der Waals surface area (Å²) in [6.07, 6.45) is 2.52. The van der Waals surface area contributed by atoms with Crippen LogP contribution in [0.5, 0.6) is 5.88 Å². The van der Waals surface area contributed by atoms with Crippen molar-refractivity contribution in [3.05, 3.63) is 94.8 Å². The number of H-pyrrole nitrogens is 1. The topological polar surface area (TPSA) is 88.9 Å². The molecule has 0 spiro atoms. The molecule has 0 unspecified atom stereocenters. The number of rotatable bonds is 10. The number of hydrogen-bond acceptors (Lipinski definition) is 4. The van der Waals surface area contributed by atoms with E-state index in [1.807, 2.05) is 36.4 Å². The normalized spacial score (nSPS) is 11.9. The number of hydrogen-bond donors (Lipinski definition) is 3. The Labute approximate surface area is 209 Å². The molecule has 0 amide bonds. The zero-order chi connectivity index (χ0) is 25.7. The minimum Gasteiger partial charge on any atom is -0.494 e. The fraction of sp³-hybridized carbons (Fsp3) is 0.241. The molecule has 1 heterocycles. The smallest absolute Gasteiger partial charge is 0.303 e. The maximum atomic E-state index is 13.8. The van der Waals surface area contributed by atoms with Crippen LogP contribution >= 0.6 is 0 Å². The second-order valence-corrected chi connectivity index (χ2v) is 9.16. The minimum absolute atomic E-state index is 0.0516. The Morgan fingerprint density at radius 2 is 1.64 bits per heavy atom. The van der Waals surface area contributed by atoms with Gasteiger partial charge in [-0.25, -0.2) is 9.38 Å². The third kappa shape index (κ3) is 6.17. The molecule has 186 valence electrons. The Kier molecular flexibility index (Phi) is 7.80. The highest BCUT2D eigenvalue weighted by Crippen LogP contribution is 2.32. The van der Waals surface area contributed by atoms with Crippen molar-refractivity contribution in [3.8, 4) is 5.88 Å². The molecule has 1 aromatic heterocycles. The molecule has 7 heteroatoms. The van der Waals surface area contributed by atoms with Gasteiger partial charge in [-0.15, -0.1) is 0 Å². The number of benzene rings is 3. The Hall–Kier alpha value is -3.97. The van der Waals surface area contributed by atoms with Gasteiger partial charge in [-0.3, -0.25) is 4.79 Å². The molecule has 36 heavy (non-hydrogen) atoms. The summed E-state index contributed by atoms with van der Waals surface area (Å²) in [6, 6.07) is 19.8. The number of carboxylic acids is 1. The average Bonchev–Trinajstić information content (AvgIpc) is 3.16. The van der Waals surface area contributed by atoms with Crippen molar-refractivity contribution in [3.63, 3.8) is 0 Å². The predicted octanol–water partition coefficient (Wildman–Crippen LogP) is 5.69. The van der Waals surface area contributed by atoms with Gasteiger partial charge in [-0.1, -0.05) is 36.4 Å². The zero-order valence-electron chi connectivity index (χ0n) is 20.5. The number of aromatic hydroxyl groups is 1. The largest absolute Gasteiger partial charge is 0.494 e. The molecule has 0 aliphatic heterocycles. The van der Waals surface area contributed by atoms with Crippen molar-refractivity contribution in [1.82, 2.24) is 9.88 Å². The van der Waals surface area contributed by atoms with Gasteiger partial charge in [0, 0.05) is 17.4 Å². The van der Waals surface area contributed by atoms with E-state index < -0.39 is 11.8 Å². The van der Waals surface area contributed by atoms with Crippen LogP contribution in [0.2, 0.25) is 0 Å². The van der Waals surface area contributed by atoms with Crippen LogP contribution in [0.25, 0.3) is 10.9 Å². The lowest BCUT2D eigenvalue weighted by Crippen LogP contribution is -2.13. The standard InChI is InChI=1S/C29H30FN3O3/c1-33(2)17-3-4-19-7-13-23(14-8-19)31-28(21-10-5-20(6-11-21)9-16-26(34)35)27-24-15-12-22(30)18-25(24)32-29(27)36/h5-8,10-15,18,32,36H,3-4,9,16-17H2,1-2H3,(H,34,35). The summed E-state index contributed by atoms with van der Waals surface area (Å²) in [5, 5.41) is 20.4. The quantitative estimate of drug-likeness (QED) is 0.251. The third-order valence-electron chi connectivity index (χ3n) is 6.08. The van der Waals surface area contributed by atoms with Gasteiger partial charge in [-0.2, -0.15) is 0 Å². The van der Waals surface area contributed by atoms with Gasteiger partial charge in [0.05, 0.1) is 22.5 Å². The van der Waals surface area contributed by atoms with Crippen molar-refractivity contribution in [2.75, 3.05) is 20.6 Å². The van der Waals surface area contributed by atoms with E-state index in [-0.39, 0.29) is 12.3 Å². The average molecular weight is 488 g/mol. The number of aliphatic carboxylic acids is 1.